The Bertz CT molecular complexity index is 596. The Labute approximate surface area is 103 Å². The number of carbonyl (C=O) groups is 1. The van der Waals surface area contributed by atoms with E-state index < -0.39 is 5.97 Å². The van der Waals surface area contributed by atoms with E-state index in [9.17, 15) is 4.79 Å². The molecule has 0 unspecified atom stereocenters. The number of aromatic nitrogens is 1. The van der Waals surface area contributed by atoms with Crippen LogP contribution in [0.2, 0.25) is 5.15 Å². The molecule has 0 saturated carbocycles. The van der Waals surface area contributed by atoms with Crippen molar-refractivity contribution >= 4 is 28.7 Å². The van der Waals surface area contributed by atoms with Crippen LogP contribution in [0.15, 0.2) is 16.5 Å². The van der Waals surface area contributed by atoms with E-state index in [0.717, 1.165) is 5.56 Å². The van der Waals surface area contributed by atoms with Gasteiger partial charge >= 0.3 is 5.97 Å². The molecule has 0 aliphatic heterocycles. The summed E-state index contributed by atoms with van der Waals surface area (Å²) < 4.78 is 5.32. The number of carboxylic acid groups (broad SMARTS) is 1. The molecule has 0 aliphatic rings. The molecule has 0 saturated heterocycles. The molecule has 2 aromatic heterocycles. The molecule has 1 N–H and O–H groups in total. The summed E-state index contributed by atoms with van der Waals surface area (Å²) in [6.07, 6.45) is 0. The first-order valence-electron chi connectivity index (χ1n) is 5.13. The van der Waals surface area contributed by atoms with Crippen molar-refractivity contribution in [1.82, 2.24) is 4.98 Å². The molecule has 5 heteroatoms. The average Bonchev–Trinajstić information content (AvgIpc) is 2.58. The summed E-state index contributed by atoms with van der Waals surface area (Å²) in [5.74, 6) is -1.24. The van der Waals surface area contributed by atoms with E-state index in [-0.39, 0.29) is 11.2 Å². The average molecular weight is 254 g/mol. The van der Waals surface area contributed by atoms with Gasteiger partial charge in [0.2, 0.25) is 5.76 Å². The Hall–Kier alpha value is -1.55. The highest BCUT2D eigenvalue weighted by Gasteiger charge is 2.23. The van der Waals surface area contributed by atoms with Crippen molar-refractivity contribution in [2.24, 2.45) is 0 Å². The molecule has 0 radical (unpaired) electrons. The minimum Gasteiger partial charge on any atom is -0.475 e. The summed E-state index contributed by atoms with van der Waals surface area (Å²) in [5, 5.41) is 9.23. The van der Waals surface area contributed by atoms with Crippen molar-refractivity contribution < 1.29 is 14.3 Å². The molecule has 0 spiro atoms. The van der Waals surface area contributed by atoms with Crippen LogP contribution in [0.5, 0.6) is 0 Å². The van der Waals surface area contributed by atoms with Crippen molar-refractivity contribution in [2.45, 2.75) is 26.2 Å². The number of carboxylic acids is 1. The lowest BCUT2D eigenvalue weighted by Crippen LogP contribution is -2.11. The highest BCUT2D eigenvalue weighted by atomic mass is 35.5. The Kier molecular flexibility index (Phi) is 2.62. The third kappa shape index (κ3) is 2.13. The molecule has 2 heterocycles. The molecule has 90 valence electrons. The molecule has 2 rings (SSSR count). The van der Waals surface area contributed by atoms with Crippen LogP contribution in [0.1, 0.15) is 36.9 Å². The van der Waals surface area contributed by atoms with Crippen LogP contribution in [0, 0.1) is 0 Å². The molecular weight excluding hydrogens is 242 g/mol. The number of furan rings is 1. The van der Waals surface area contributed by atoms with Crippen LogP contribution in [0.25, 0.3) is 11.1 Å². The maximum atomic E-state index is 10.9. The molecule has 0 amide bonds. The lowest BCUT2D eigenvalue weighted by atomic mass is 9.87. The predicted octanol–water partition coefficient (Wildman–Crippen LogP) is 3.48. The van der Waals surface area contributed by atoms with Gasteiger partial charge in [-0.25, -0.2) is 9.78 Å². The van der Waals surface area contributed by atoms with Gasteiger partial charge < -0.3 is 9.52 Å². The van der Waals surface area contributed by atoms with Crippen LogP contribution in [-0.2, 0) is 5.41 Å². The largest absolute Gasteiger partial charge is 0.475 e. The fourth-order valence-electron chi connectivity index (χ4n) is 1.65. The van der Waals surface area contributed by atoms with E-state index in [1.807, 2.05) is 20.8 Å². The number of hydrogen-bond acceptors (Lipinski definition) is 3. The number of aromatic carboxylic acids is 1. The predicted molar refractivity (Wildman–Crippen MR) is 64.7 cm³/mol. The van der Waals surface area contributed by atoms with Gasteiger partial charge in [0.1, 0.15) is 10.7 Å². The van der Waals surface area contributed by atoms with Crippen LogP contribution in [0.3, 0.4) is 0 Å². The van der Waals surface area contributed by atoms with Crippen molar-refractivity contribution in [1.29, 1.82) is 0 Å². The van der Waals surface area contributed by atoms with Crippen LogP contribution in [-0.4, -0.2) is 16.1 Å². The van der Waals surface area contributed by atoms with Gasteiger partial charge in [-0.05, 0) is 11.5 Å². The van der Waals surface area contributed by atoms with Gasteiger partial charge in [-0.2, -0.15) is 0 Å². The Morgan fingerprint density at radius 3 is 2.59 bits per heavy atom. The maximum absolute atomic E-state index is 10.9. The summed E-state index contributed by atoms with van der Waals surface area (Å²) in [6.45, 7) is 6.00. The maximum Gasteiger partial charge on any atom is 0.371 e. The second kappa shape index (κ2) is 3.74. The Balaban J connectivity index is 2.79. The fraction of sp³-hybridized carbons (Fsp3) is 0.333. The first-order valence-corrected chi connectivity index (χ1v) is 5.50. The van der Waals surface area contributed by atoms with E-state index in [0.29, 0.717) is 16.3 Å². The number of halogens is 1. The molecule has 0 aromatic carbocycles. The summed E-state index contributed by atoms with van der Waals surface area (Å²) in [7, 11) is 0. The molecule has 17 heavy (non-hydrogen) atoms. The van der Waals surface area contributed by atoms with E-state index in [1.54, 1.807) is 6.07 Å². The number of nitrogens with zero attached hydrogens (tertiary/aromatic N) is 1. The molecular formula is C12H12ClNO3. The topological polar surface area (TPSA) is 63.3 Å². The minimum absolute atomic E-state index is 0.125. The van der Waals surface area contributed by atoms with Crippen LogP contribution in [0.4, 0.5) is 0 Å². The SMILES string of the molecule is CC(C)(C)c1cc(Cl)nc2cc(C(=O)O)oc12. The highest BCUT2D eigenvalue weighted by Crippen LogP contribution is 2.32. The summed E-state index contributed by atoms with van der Waals surface area (Å²) >= 11 is 5.92. The first kappa shape index (κ1) is 11.9. The molecule has 2 aromatic rings. The van der Waals surface area contributed by atoms with Crippen LogP contribution < -0.4 is 0 Å². The normalized spacial score (nSPS) is 12.0. The minimum atomic E-state index is -1.11. The Morgan fingerprint density at radius 1 is 1.41 bits per heavy atom. The van der Waals surface area contributed by atoms with Gasteiger partial charge in [0.05, 0.1) is 0 Å². The third-order valence-corrected chi connectivity index (χ3v) is 2.66. The monoisotopic (exact) mass is 253 g/mol. The van der Waals surface area contributed by atoms with Crippen molar-refractivity contribution in [2.75, 3.05) is 0 Å². The molecule has 0 atom stereocenters. The summed E-state index contributed by atoms with van der Waals surface area (Å²) in [6, 6.07) is 3.10. The standard InChI is InChI=1S/C12H12ClNO3/c1-12(2,3)6-4-9(13)14-7-5-8(11(15)16)17-10(6)7/h4-5H,1-3H3,(H,15,16). The third-order valence-electron chi connectivity index (χ3n) is 2.47. The Morgan fingerprint density at radius 2 is 2.06 bits per heavy atom. The second-order valence-electron chi connectivity index (χ2n) is 4.87. The van der Waals surface area contributed by atoms with E-state index in [2.05, 4.69) is 4.98 Å². The van der Waals surface area contributed by atoms with Gasteiger partial charge in [0, 0.05) is 11.6 Å². The lowest BCUT2D eigenvalue weighted by molar-refractivity contribution is 0.0665. The van der Waals surface area contributed by atoms with Gasteiger partial charge in [-0.1, -0.05) is 32.4 Å². The summed E-state index contributed by atoms with van der Waals surface area (Å²) in [4.78, 5) is 14.9. The first-order chi connectivity index (χ1) is 7.79. The zero-order valence-corrected chi connectivity index (χ0v) is 10.5. The van der Waals surface area contributed by atoms with E-state index in [4.69, 9.17) is 21.1 Å². The van der Waals surface area contributed by atoms with Crippen molar-refractivity contribution in [3.05, 3.63) is 28.6 Å². The second-order valence-corrected chi connectivity index (χ2v) is 5.26. The zero-order valence-electron chi connectivity index (χ0n) is 9.74. The number of fused-ring (bicyclic) bond motifs is 1. The number of rotatable bonds is 1. The number of pyridine rings is 1. The molecule has 4 nitrogen and oxygen atoms in total. The molecule has 0 fully saturated rings. The van der Waals surface area contributed by atoms with E-state index >= 15 is 0 Å². The smallest absolute Gasteiger partial charge is 0.371 e. The summed E-state index contributed by atoms with van der Waals surface area (Å²) in [5.41, 5.74) is 1.61. The van der Waals surface area contributed by atoms with Crippen molar-refractivity contribution in [3.63, 3.8) is 0 Å². The molecule has 0 bridgehead atoms. The van der Waals surface area contributed by atoms with Crippen LogP contribution >= 0.6 is 11.6 Å². The fourth-order valence-corrected chi connectivity index (χ4v) is 1.85. The van der Waals surface area contributed by atoms with E-state index in [1.165, 1.54) is 6.07 Å². The van der Waals surface area contributed by atoms with Gasteiger partial charge in [0.25, 0.3) is 0 Å². The van der Waals surface area contributed by atoms with Gasteiger partial charge in [-0.3, -0.25) is 0 Å². The highest BCUT2D eigenvalue weighted by molar-refractivity contribution is 6.29. The zero-order chi connectivity index (χ0) is 12.8. The molecule has 0 aliphatic carbocycles. The number of hydrogen-bond donors (Lipinski definition) is 1. The van der Waals surface area contributed by atoms with Crippen molar-refractivity contribution in [3.8, 4) is 0 Å². The quantitative estimate of drug-likeness (QED) is 0.791. The lowest BCUT2D eigenvalue weighted by Gasteiger charge is -2.18. The van der Waals surface area contributed by atoms with Gasteiger partial charge in [0.15, 0.2) is 5.58 Å². The van der Waals surface area contributed by atoms with Gasteiger partial charge in [-0.15, -0.1) is 0 Å².